The van der Waals surface area contributed by atoms with Gasteiger partial charge in [0, 0.05) is 22.3 Å². The lowest BCUT2D eigenvalue weighted by Gasteiger charge is -2.12. The molecule has 3 aromatic rings. The van der Waals surface area contributed by atoms with Gasteiger partial charge in [-0.2, -0.15) is 0 Å². The van der Waals surface area contributed by atoms with Gasteiger partial charge in [0.25, 0.3) is 11.1 Å². The van der Waals surface area contributed by atoms with Crippen LogP contribution in [-0.2, 0) is 14.3 Å². The second-order valence-electron chi connectivity index (χ2n) is 8.55. The molecule has 1 aliphatic heterocycles. The number of carbonyl (C=O) groups is 4. The number of nitrogens with zero attached hydrogens (tertiary/aromatic N) is 1. The molecule has 0 unspecified atom stereocenters. The number of ether oxygens (including phenoxy) is 1. The topological polar surface area (TPSA) is 106 Å². The lowest BCUT2D eigenvalue weighted by molar-refractivity contribution is -0.127. The molecule has 10 heteroatoms. The molecule has 4 rings (SSSR count). The van der Waals surface area contributed by atoms with Gasteiger partial charge in [-0.1, -0.05) is 43.1 Å². The number of hydrogen-bond acceptors (Lipinski definition) is 7. The molecule has 1 aliphatic rings. The highest BCUT2D eigenvalue weighted by atomic mass is 35.5. The van der Waals surface area contributed by atoms with Gasteiger partial charge >= 0.3 is 5.97 Å². The van der Waals surface area contributed by atoms with E-state index in [1.54, 1.807) is 54.6 Å². The van der Waals surface area contributed by atoms with E-state index in [1.807, 2.05) is 13.8 Å². The van der Waals surface area contributed by atoms with E-state index in [4.69, 9.17) is 20.8 Å². The number of imide groups is 1. The molecule has 8 nitrogen and oxygen atoms in total. The number of carbonyl (C=O) groups excluding carboxylic acids is 4. The van der Waals surface area contributed by atoms with Crippen LogP contribution in [0.1, 0.15) is 41.4 Å². The molecule has 1 saturated heterocycles. The Bertz CT molecular complexity index is 1410. The fourth-order valence-corrected chi connectivity index (χ4v) is 4.53. The number of hydrogen-bond donors (Lipinski definition) is 1. The maximum Gasteiger partial charge on any atom is 0.338 e. The summed E-state index contributed by atoms with van der Waals surface area (Å²) in [5.74, 6) is -0.588. The zero-order chi connectivity index (χ0) is 27.2. The van der Waals surface area contributed by atoms with Gasteiger partial charge in [0.1, 0.15) is 18.1 Å². The summed E-state index contributed by atoms with van der Waals surface area (Å²) in [7, 11) is 0. The number of esters is 1. The number of nitrogens with one attached hydrogen (secondary N) is 1. The molecule has 0 bridgehead atoms. The zero-order valence-corrected chi connectivity index (χ0v) is 22.4. The SMILES string of the molecule is CCCCOC(=O)c1ccc(-c2ccc(/C=C3/SC(=O)N(CC(=O)Nc4ccc(C)c(Cl)c4)C3=O)o2)cc1. The molecule has 1 aromatic heterocycles. The van der Waals surface area contributed by atoms with Crippen molar-refractivity contribution in [1.29, 1.82) is 0 Å². The van der Waals surface area contributed by atoms with Crippen LogP contribution in [-0.4, -0.2) is 41.1 Å². The van der Waals surface area contributed by atoms with Gasteiger partial charge in [0.15, 0.2) is 0 Å². The fourth-order valence-electron chi connectivity index (χ4n) is 3.53. The zero-order valence-electron chi connectivity index (χ0n) is 20.8. The maximum atomic E-state index is 12.8. The minimum atomic E-state index is -0.582. The Morgan fingerprint density at radius 3 is 2.58 bits per heavy atom. The Hall–Kier alpha value is -3.82. The van der Waals surface area contributed by atoms with Crippen molar-refractivity contribution >= 4 is 58.1 Å². The fraction of sp³-hybridized carbons (Fsp3) is 0.214. The van der Waals surface area contributed by atoms with Crippen molar-refractivity contribution in [2.45, 2.75) is 26.7 Å². The third-order valence-electron chi connectivity index (χ3n) is 5.67. The predicted octanol–water partition coefficient (Wildman–Crippen LogP) is 6.54. The van der Waals surface area contributed by atoms with E-state index in [2.05, 4.69) is 5.32 Å². The Labute approximate surface area is 229 Å². The first-order valence-electron chi connectivity index (χ1n) is 11.9. The summed E-state index contributed by atoms with van der Waals surface area (Å²) in [6, 6.07) is 15.3. The Morgan fingerprint density at radius 2 is 1.87 bits per heavy atom. The van der Waals surface area contributed by atoms with Crippen LogP contribution in [0.4, 0.5) is 10.5 Å². The summed E-state index contributed by atoms with van der Waals surface area (Å²) in [6.45, 7) is 3.82. The average molecular weight is 553 g/mol. The molecule has 1 fully saturated rings. The number of thioether (sulfide) groups is 1. The van der Waals surface area contributed by atoms with E-state index in [-0.39, 0.29) is 10.9 Å². The van der Waals surface area contributed by atoms with Crippen molar-refractivity contribution in [3.05, 3.63) is 81.4 Å². The number of aryl methyl sites for hydroxylation is 1. The van der Waals surface area contributed by atoms with Crippen molar-refractivity contribution in [2.24, 2.45) is 0 Å². The molecule has 2 heterocycles. The van der Waals surface area contributed by atoms with Gasteiger partial charge in [0.2, 0.25) is 5.91 Å². The molecule has 196 valence electrons. The van der Waals surface area contributed by atoms with Gasteiger partial charge in [0.05, 0.1) is 17.1 Å². The van der Waals surface area contributed by atoms with Crippen molar-refractivity contribution in [1.82, 2.24) is 4.90 Å². The van der Waals surface area contributed by atoms with Gasteiger partial charge in [-0.25, -0.2) is 4.79 Å². The van der Waals surface area contributed by atoms with Crippen LogP contribution in [0, 0.1) is 6.92 Å². The van der Waals surface area contributed by atoms with Crippen LogP contribution in [0.5, 0.6) is 0 Å². The van der Waals surface area contributed by atoms with Gasteiger partial charge in [-0.3, -0.25) is 19.3 Å². The summed E-state index contributed by atoms with van der Waals surface area (Å²) in [5.41, 5.74) is 2.51. The molecule has 0 radical (unpaired) electrons. The molecule has 2 aromatic carbocycles. The van der Waals surface area contributed by atoms with E-state index >= 15 is 0 Å². The minimum Gasteiger partial charge on any atom is -0.462 e. The third kappa shape index (κ3) is 6.54. The summed E-state index contributed by atoms with van der Waals surface area (Å²) in [4.78, 5) is 50.8. The summed E-state index contributed by atoms with van der Waals surface area (Å²) < 4.78 is 11.0. The third-order valence-corrected chi connectivity index (χ3v) is 6.98. The molecule has 1 N–H and O–H groups in total. The van der Waals surface area contributed by atoms with Gasteiger partial charge in [-0.15, -0.1) is 0 Å². The molecule has 0 aliphatic carbocycles. The van der Waals surface area contributed by atoms with Gasteiger partial charge in [-0.05, 0) is 67.1 Å². The summed E-state index contributed by atoms with van der Waals surface area (Å²) in [6.07, 6.45) is 3.22. The Morgan fingerprint density at radius 1 is 1.11 bits per heavy atom. The van der Waals surface area contributed by atoms with E-state index in [9.17, 15) is 19.2 Å². The molecule has 38 heavy (non-hydrogen) atoms. The summed E-state index contributed by atoms with van der Waals surface area (Å²) >= 11 is 6.82. The van der Waals surface area contributed by atoms with Crippen molar-refractivity contribution in [3.8, 4) is 11.3 Å². The maximum absolute atomic E-state index is 12.8. The largest absolute Gasteiger partial charge is 0.462 e. The van der Waals surface area contributed by atoms with Gasteiger partial charge < -0.3 is 14.5 Å². The normalized spacial score (nSPS) is 14.3. The van der Waals surface area contributed by atoms with Crippen LogP contribution >= 0.6 is 23.4 Å². The van der Waals surface area contributed by atoms with Crippen molar-refractivity contribution < 1.29 is 28.3 Å². The quantitative estimate of drug-likeness (QED) is 0.182. The standard InChI is InChI=1S/C28H25ClN2O6S/c1-3-4-13-36-27(34)19-8-6-18(7-9-19)23-12-11-21(37-23)15-24-26(33)31(28(35)38-24)16-25(32)30-20-10-5-17(2)22(29)14-20/h5-12,14-15H,3-4,13,16H2,1-2H3,(H,30,32)/b24-15+. The summed E-state index contributed by atoms with van der Waals surface area (Å²) in [5, 5.41) is 2.59. The molecular weight excluding hydrogens is 528 g/mol. The highest BCUT2D eigenvalue weighted by molar-refractivity contribution is 8.18. The Balaban J connectivity index is 1.39. The smallest absolute Gasteiger partial charge is 0.338 e. The van der Waals surface area contributed by atoms with Crippen molar-refractivity contribution in [3.63, 3.8) is 0 Å². The van der Waals surface area contributed by atoms with E-state index in [0.29, 0.717) is 34.4 Å². The monoisotopic (exact) mass is 552 g/mol. The number of halogens is 1. The molecule has 0 spiro atoms. The first-order chi connectivity index (χ1) is 18.2. The van der Waals surface area contributed by atoms with E-state index in [0.717, 1.165) is 40.6 Å². The highest BCUT2D eigenvalue weighted by Gasteiger charge is 2.36. The van der Waals surface area contributed by atoms with Crippen molar-refractivity contribution in [2.75, 3.05) is 18.5 Å². The van der Waals surface area contributed by atoms with Crippen LogP contribution in [0.3, 0.4) is 0 Å². The molecule has 3 amide bonds. The number of unbranched alkanes of at least 4 members (excludes halogenated alkanes) is 1. The second kappa shape index (κ2) is 12.1. The first-order valence-corrected chi connectivity index (χ1v) is 13.1. The molecule has 0 saturated carbocycles. The van der Waals surface area contributed by atoms with E-state index in [1.165, 1.54) is 6.08 Å². The number of amides is 3. The van der Waals surface area contributed by atoms with Crippen LogP contribution in [0.15, 0.2) is 63.9 Å². The lowest BCUT2D eigenvalue weighted by atomic mass is 10.1. The minimum absolute atomic E-state index is 0.146. The average Bonchev–Trinajstić information content (AvgIpc) is 3.46. The number of furan rings is 1. The lowest BCUT2D eigenvalue weighted by Crippen LogP contribution is -2.36. The van der Waals surface area contributed by atoms with Crippen LogP contribution < -0.4 is 5.32 Å². The highest BCUT2D eigenvalue weighted by Crippen LogP contribution is 2.33. The predicted molar refractivity (Wildman–Crippen MR) is 147 cm³/mol. The van der Waals surface area contributed by atoms with Crippen LogP contribution in [0.25, 0.3) is 17.4 Å². The molecular formula is C28H25ClN2O6S. The number of rotatable bonds is 9. The first kappa shape index (κ1) is 27.2. The van der Waals surface area contributed by atoms with Crippen LogP contribution in [0.2, 0.25) is 5.02 Å². The number of benzene rings is 2. The molecule has 0 atom stereocenters. The number of anilines is 1. The second-order valence-corrected chi connectivity index (χ2v) is 9.95. The van der Waals surface area contributed by atoms with E-state index < -0.39 is 23.6 Å². The Kier molecular flexibility index (Phi) is 8.70.